The molecule has 1 aliphatic rings. The van der Waals surface area contributed by atoms with Gasteiger partial charge in [-0.05, 0) is 48.5 Å². The van der Waals surface area contributed by atoms with Crippen molar-refractivity contribution in [2.24, 2.45) is 0 Å². The van der Waals surface area contributed by atoms with Crippen molar-refractivity contribution < 1.29 is 13.7 Å². The average molecular weight is 411 g/mol. The Hall–Kier alpha value is -3.26. The summed E-state index contributed by atoms with van der Waals surface area (Å²) in [7, 11) is 0. The van der Waals surface area contributed by atoms with Gasteiger partial charge in [0.05, 0.1) is 4.92 Å². The number of benzene rings is 2. The van der Waals surface area contributed by atoms with Crippen LogP contribution in [0.4, 0.5) is 15.8 Å². The summed E-state index contributed by atoms with van der Waals surface area (Å²) in [5.74, 6) is 0.969. The minimum atomic E-state index is -0.399. The van der Waals surface area contributed by atoms with Crippen molar-refractivity contribution in [2.45, 2.75) is 0 Å². The van der Waals surface area contributed by atoms with Gasteiger partial charge in [0.15, 0.2) is 5.76 Å². The van der Waals surface area contributed by atoms with Crippen LogP contribution in [0.5, 0.6) is 0 Å². The maximum Gasteiger partial charge on any atom is 0.269 e. The van der Waals surface area contributed by atoms with Crippen LogP contribution in [0.1, 0.15) is 5.76 Å². The molecule has 2 aromatic carbocycles. The lowest BCUT2D eigenvalue weighted by Crippen LogP contribution is -2.48. The van der Waals surface area contributed by atoms with E-state index in [0.29, 0.717) is 16.5 Å². The molecule has 0 spiro atoms. The number of thiocarbonyl (C=S) groups is 1. The Morgan fingerprint density at radius 3 is 2.24 bits per heavy atom. The number of nitrogens with zero attached hydrogens (tertiary/aromatic N) is 3. The molecule has 4 rings (SSSR count). The van der Waals surface area contributed by atoms with Crippen molar-refractivity contribution in [3.05, 3.63) is 82.4 Å². The molecule has 1 fully saturated rings. The molecule has 2 heterocycles. The van der Waals surface area contributed by atoms with Crippen LogP contribution in [-0.2, 0) is 0 Å². The SMILES string of the molecule is O=[N+]([O-])c1ccc(N2CCN(C(=S)c3ccc(-c4ccc(F)cc4)o3)CC2)cc1. The van der Waals surface area contributed by atoms with Crippen molar-refractivity contribution in [1.29, 1.82) is 0 Å². The third kappa shape index (κ3) is 4.12. The number of halogens is 1. The van der Waals surface area contributed by atoms with Crippen LogP contribution in [0.3, 0.4) is 0 Å². The van der Waals surface area contributed by atoms with Gasteiger partial charge in [0, 0.05) is 49.6 Å². The lowest BCUT2D eigenvalue weighted by atomic mass is 10.2. The van der Waals surface area contributed by atoms with Gasteiger partial charge >= 0.3 is 0 Å². The summed E-state index contributed by atoms with van der Waals surface area (Å²) < 4.78 is 19.0. The highest BCUT2D eigenvalue weighted by Crippen LogP contribution is 2.25. The molecule has 0 bridgehead atoms. The largest absolute Gasteiger partial charge is 0.454 e. The lowest BCUT2D eigenvalue weighted by Gasteiger charge is -2.36. The lowest BCUT2D eigenvalue weighted by molar-refractivity contribution is -0.384. The number of nitro benzene ring substituents is 1. The van der Waals surface area contributed by atoms with Gasteiger partial charge in [-0.1, -0.05) is 12.2 Å². The van der Waals surface area contributed by atoms with E-state index in [1.807, 2.05) is 12.1 Å². The second-order valence-corrected chi connectivity index (χ2v) is 7.11. The predicted molar refractivity (Wildman–Crippen MR) is 113 cm³/mol. The van der Waals surface area contributed by atoms with Crippen molar-refractivity contribution >= 4 is 28.6 Å². The van der Waals surface area contributed by atoms with Gasteiger partial charge in [0.25, 0.3) is 5.69 Å². The number of non-ortho nitro benzene ring substituents is 1. The van der Waals surface area contributed by atoms with Crippen LogP contribution in [0.25, 0.3) is 11.3 Å². The molecule has 0 radical (unpaired) electrons. The van der Waals surface area contributed by atoms with Gasteiger partial charge in [-0.3, -0.25) is 10.1 Å². The van der Waals surface area contributed by atoms with E-state index in [9.17, 15) is 14.5 Å². The molecule has 0 aliphatic carbocycles. The third-order valence-corrected chi connectivity index (χ3v) is 5.40. The highest BCUT2D eigenvalue weighted by Gasteiger charge is 2.22. The van der Waals surface area contributed by atoms with Crippen LogP contribution < -0.4 is 4.90 Å². The van der Waals surface area contributed by atoms with E-state index in [1.54, 1.807) is 24.3 Å². The van der Waals surface area contributed by atoms with E-state index in [2.05, 4.69) is 9.80 Å². The zero-order valence-electron chi connectivity index (χ0n) is 15.5. The minimum absolute atomic E-state index is 0.0864. The highest BCUT2D eigenvalue weighted by atomic mass is 32.1. The molecular weight excluding hydrogens is 393 g/mol. The average Bonchev–Trinajstić information content (AvgIpc) is 3.24. The molecule has 0 amide bonds. The summed E-state index contributed by atoms with van der Waals surface area (Å²) in [4.78, 5) is 15.3. The van der Waals surface area contributed by atoms with Crippen LogP contribution in [0, 0.1) is 15.9 Å². The number of hydrogen-bond donors (Lipinski definition) is 0. The second kappa shape index (κ2) is 8.00. The zero-order valence-corrected chi connectivity index (χ0v) is 16.3. The molecule has 0 atom stereocenters. The van der Waals surface area contributed by atoms with Gasteiger partial charge in [0.1, 0.15) is 16.6 Å². The highest BCUT2D eigenvalue weighted by molar-refractivity contribution is 7.80. The van der Waals surface area contributed by atoms with Gasteiger partial charge in [-0.15, -0.1) is 0 Å². The first-order valence-electron chi connectivity index (χ1n) is 9.16. The van der Waals surface area contributed by atoms with Gasteiger partial charge < -0.3 is 14.2 Å². The molecule has 1 aromatic heterocycles. The van der Waals surface area contributed by atoms with E-state index < -0.39 is 4.92 Å². The fourth-order valence-electron chi connectivity index (χ4n) is 3.33. The predicted octanol–water partition coefficient (Wildman–Crippen LogP) is 4.49. The van der Waals surface area contributed by atoms with Gasteiger partial charge in [0.2, 0.25) is 0 Å². The number of rotatable bonds is 4. The maximum atomic E-state index is 13.1. The Kier molecular flexibility index (Phi) is 5.26. The molecule has 0 unspecified atom stereocenters. The van der Waals surface area contributed by atoms with Crippen LogP contribution in [0.15, 0.2) is 65.1 Å². The first kappa shape index (κ1) is 19.1. The van der Waals surface area contributed by atoms with E-state index >= 15 is 0 Å². The second-order valence-electron chi connectivity index (χ2n) is 6.72. The Labute approximate surface area is 172 Å². The van der Waals surface area contributed by atoms with E-state index in [1.165, 1.54) is 24.3 Å². The summed E-state index contributed by atoms with van der Waals surface area (Å²) in [5, 5.41) is 10.8. The maximum absolute atomic E-state index is 13.1. The monoisotopic (exact) mass is 411 g/mol. The Morgan fingerprint density at radius 1 is 0.966 bits per heavy atom. The fraction of sp³-hybridized carbons (Fsp3) is 0.190. The third-order valence-electron chi connectivity index (χ3n) is 4.94. The van der Waals surface area contributed by atoms with Crippen molar-refractivity contribution in [1.82, 2.24) is 4.90 Å². The smallest absolute Gasteiger partial charge is 0.269 e. The van der Waals surface area contributed by atoms with E-state index in [0.717, 1.165) is 37.4 Å². The van der Waals surface area contributed by atoms with Gasteiger partial charge in [-0.2, -0.15) is 0 Å². The molecule has 1 saturated heterocycles. The molecule has 6 nitrogen and oxygen atoms in total. The Morgan fingerprint density at radius 2 is 1.62 bits per heavy atom. The van der Waals surface area contributed by atoms with Crippen molar-refractivity contribution in [3.8, 4) is 11.3 Å². The summed E-state index contributed by atoms with van der Waals surface area (Å²) in [6.07, 6.45) is 0. The Bertz CT molecular complexity index is 1030. The first-order valence-corrected chi connectivity index (χ1v) is 9.56. The molecule has 0 N–H and O–H groups in total. The molecule has 3 aromatic rings. The molecule has 29 heavy (non-hydrogen) atoms. The quantitative estimate of drug-likeness (QED) is 0.358. The number of hydrogen-bond acceptors (Lipinski definition) is 5. The summed E-state index contributed by atoms with van der Waals surface area (Å²) in [6.45, 7) is 2.96. The van der Waals surface area contributed by atoms with Crippen molar-refractivity contribution in [3.63, 3.8) is 0 Å². The van der Waals surface area contributed by atoms with Crippen LogP contribution in [0.2, 0.25) is 0 Å². The summed E-state index contributed by atoms with van der Waals surface area (Å²) >= 11 is 5.60. The number of furan rings is 1. The van der Waals surface area contributed by atoms with Gasteiger partial charge in [-0.25, -0.2) is 4.39 Å². The summed E-state index contributed by atoms with van der Waals surface area (Å²) in [6, 6.07) is 16.4. The number of piperazine rings is 1. The normalized spacial score (nSPS) is 14.1. The molecular formula is C21H18FN3O3S. The summed E-state index contributed by atoms with van der Waals surface area (Å²) in [5.41, 5.74) is 1.84. The molecule has 0 saturated carbocycles. The topological polar surface area (TPSA) is 62.8 Å². The fourth-order valence-corrected chi connectivity index (χ4v) is 3.62. The van der Waals surface area contributed by atoms with E-state index in [4.69, 9.17) is 16.6 Å². The minimum Gasteiger partial charge on any atom is -0.454 e. The number of anilines is 1. The Balaban J connectivity index is 1.39. The van der Waals surface area contributed by atoms with E-state index in [-0.39, 0.29) is 11.5 Å². The number of nitro groups is 1. The molecule has 148 valence electrons. The van der Waals surface area contributed by atoms with Crippen molar-refractivity contribution in [2.75, 3.05) is 31.1 Å². The first-order chi connectivity index (χ1) is 14.0. The standard InChI is InChI=1S/C21H18FN3O3S/c22-16-3-1-15(2-4-16)19-9-10-20(28-19)21(29)24-13-11-23(12-14-24)17-5-7-18(8-6-17)25(26)27/h1-10H,11-14H2. The zero-order chi connectivity index (χ0) is 20.4. The molecule has 1 aliphatic heterocycles. The van der Waals surface area contributed by atoms with Crippen LogP contribution in [-0.4, -0.2) is 41.0 Å². The van der Waals surface area contributed by atoms with Crippen LogP contribution >= 0.6 is 12.2 Å². The molecule has 8 heteroatoms.